The molecule has 5 nitrogen and oxygen atoms in total. The lowest BCUT2D eigenvalue weighted by molar-refractivity contribution is -0.286. The maximum atomic E-state index is 13.2. The van der Waals surface area contributed by atoms with Crippen LogP contribution in [0, 0.1) is 5.92 Å². The Morgan fingerprint density at radius 2 is 1.96 bits per heavy atom. The van der Waals surface area contributed by atoms with Crippen molar-refractivity contribution in [1.29, 1.82) is 0 Å². The molecule has 0 aliphatic carbocycles. The zero-order valence-electron chi connectivity index (χ0n) is 13.8. The number of hydrogen-bond donors (Lipinski definition) is 1. The summed E-state index contributed by atoms with van der Waals surface area (Å²) in [6.45, 7) is 5.59. The monoisotopic (exact) mass is 341 g/mol. The van der Waals surface area contributed by atoms with Crippen molar-refractivity contribution in [3.63, 3.8) is 0 Å². The first-order valence-corrected chi connectivity index (χ1v) is 8.06. The van der Waals surface area contributed by atoms with Crippen LogP contribution >= 0.6 is 0 Å². The Morgan fingerprint density at radius 1 is 1.25 bits per heavy atom. The third-order valence-corrected chi connectivity index (χ3v) is 4.30. The van der Waals surface area contributed by atoms with E-state index in [4.69, 9.17) is 4.74 Å². The minimum absolute atomic E-state index is 0.00356. The maximum absolute atomic E-state index is 13.2. The number of ether oxygens (including phenoxy) is 3. The van der Waals surface area contributed by atoms with Gasteiger partial charge in [0.2, 0.25) is 5.91 Å². The zero-order chi connectivity index (χ0) is 17.5. The third-order valence-electron chi connectivity index (χ3n) is 4.30. The van der Waals surface area contributed by atoms with Crippen LogP contribution in [0.1, 0.15) is 45.3 Å². The molecule has 132 valence electrons. The quantitative estimate of drug-likeness (QED) is 0.916. The van der Waals surface area contributed by atoms with Crippen molar-refractivity contribution in [2.75, 3.05) is 0 Å². The number of halogens is 2. The highest BCUT2D eigenvalue weighted by atomic mass is 19.3. The van der Waals surface area contributed by atoms with E-state index in [0.717, 1.165) is 12.0 Å². The van der Waals surface area contributed by atoms with Crippen molar-refractivity contribution in [3.8, 4) is 11.5 Å². The predicted molar refractivity (Wildman–Crippen MR) is 81.9 cm³/mol. The van der Waals surface area contributed by atoms with Crippen LogP contribution in [0.3, 0.4) is 0 Å². The molecule has 0 aromatic heterocycles. The Balaban J connectivity index is 1.81. The van der Waals surface area contributed by atoms with Gasteiger partial charge in [-0.15, -0.1) is 8.78 Å². The van der Waals surface area contributed by atoms with Gasteiger partial charge in [-0.05, 0) is 36.5 Å². The predicted octanol–water partition coefficient (Wildman–Crippen LogP) is 3.39. The lowest BCUT2D eigenvalue weighted by Crippen LogP contribution is -2.43. The molecule has 1 amide bonds. The highest BCUT2D eigenvalue weighted by Gasteiger charge is 2.44. The summed E-state index contributed by atoms with van der Waals surface area (Å²) in [6, 6.07) is 4.66. The van der Waals surface area contributed by atoms with Gasteiger partial charge in [-0.2, -0.15) is 0 Å². The zero-order valence-corrected chi connectivity index (χ0v) is 13.8. The van der Waals surface area contributed by atoms with Crippen LogP contribution in [-0.4, -0.2) is 24.3 Å². The van der Waals surface area contributed by atoms with Crippen LogP contribution < -0.4 is 14.8 Å². The van der Waals surface area contributed by atoms with Gasteiger partial charge >= 0.3 is 6.29 Å². The Kier molecular flexibility index (Phi) is 4.38. The number of fused-ring (bicyclic) bond motifs is 1. The van der Waals surface area contributed by atoms with Crippen LogP contribution in [0.2, 0.25) is 0 Å². The Labute approximate surface area is 139 Å². The van der Waals surface area contributed by atoms with E-state index in [0.29, 0.717) is 6.42 Å². The highest BCUT2D eigenvalue weighted by molar-refractivity contribution is 5.73. The summed E-state index contributed by atoms with van der Waals surface area (Å²) < 4.78 is 41.4. The van der Waals surface area contributed by atoms with E-state index in [2.05, 4.69) is 28.6 Å². The van der Waals surface area contributed by atoms with Crippen molar-refractivity contribution in [2.24, 2.45) is 5.92 Å². The van der Waals surface area contributed by atoms with Gasteiger partial charge < -0.3 is 19.5 Å². The van der Waals surface area contributed by atoms with Crippen molar-refractivity contribution < 1.29 is 27.8 Å². The summed E-state index contributed by atoms with van der Waals surface area (Å²) in [6.07, 6.45) is -2.64. The van der Waals surface area contributed by atoms with Gasteiger partial charge in [-0.1, -0.05) is 19.9 Å². The fraction of sp³-hybridized carbons (Fsp3) is 0.588. The second-order valence-corrected chi connectivity index (χ2v) is 6.65. The fourth-order valence-corrected chi connectivity index (χ4v) is 3.17. The molecule has 0 radical (unpaired) electrons. The van der Waals surface area contributed by atoms with E-state index in [1.54, 1.807) is 6.07 Å². The summed E-state index contributed by atoms with van der Waals surface area (Å²) in [5.41, 5.74) is 0.732. The molecule has 1 aromatic carbocycles. The molecule has 0 bridgehead atoms. The summed E-state index contributed by atoms with van der Waals surface area (Å²) >= 11 is 0. The Morgan fingerprint density at radius 3 is 2.62 bits per heavy atom. The molecule has 7 heteroatoms. The summed E-state index contributed by atoms with van der Waals surface area (Å²) in [5, 5.41) is 2.94. The molecular weight excluding hydrogens is 320 g/mol. The molecule has 2 heterocycles. The molecule has 0 spiro atoms. The molecule has 2 aliphatic heterocycles. The minimum atomic E-state index is -3.63. The van der Waals surface area contributed by atoms with Crippen LogP contribution in [0.25, 0.3) is 0 Å². The van der Waals surface area contributed by atoms with Crippen molar-refractivity contribution >= 4 is 5.91 Å². The lowest BCUT2D eigenvalue weighted by Gasteiger charge is -2.37. The van der Waals surface area contributed by atoms with Crippen molar-refractivity contribution in [3.05, 3.63) is 23.8 Å². The van der Waals surface area contributed by atoms with E-state index in [1.807, 2.05) is 0 Å². The van der Waals surface area contributed by atoms with Gasteiger partial charge in [0.15, 0.2) is 11.5 Å². The number of carbonyl (C=O) groups excluding carboxylic acids is 1. The number of benzene rings is 1. The third kappa shape index (κ3) is 3.61. The van der Waals surface area contributed by atoms with Crippen LogP contribution in [0.4, 0.5) is 8.78 Å². The van der Waals surface area contributed by atoms with E-state index < -0.39 is 6.29 Å². The summed E-state index contributed by atoms with van der Waals surface area (Å²) in [5.74, 6) is 0.207. The normalized spacial score (nSPS) is 28.0. The Hall–Kier alpha value is -1.89. The standard InChI is InChI=1S/C17H21F2NO4/c1-9(2)14-7-12(20-10(3)21)8-15(22-14)11-4-5-13-16(6-11)24-17(18,19)23-13/h4-6,9,12,14-15H,7-8H2,1-3H3,(H,20,21)/t12-,14-,15+/m0/s1. The van der Waals surface area contributed by atoms with Crippen molar-refractivity contribution in [1.82, 2.24) is 5.32 Å². The highest BCUT2D eigenvalue weighted by Crippen LogP contribution is 2.44. The van der Waals surface area contributed by atoms with Crippen molar-refractivity contribution in [2.45, 2.75) is 58.2 Å². The lowest BCUT2D eigenvalue weighted by atomic mass is 9.89. The molecule has 1 N–H and O–H groups in total. The number of amides is 1. The molecule has 1 fully saturated rings. The van der Waals surface area contributed by atoms with E-state index in [-0.39, 0.29) is 41.6 Å². The van der Waals surface area contributed by atoms with Gasteiger partial charge in [0.05, 0.1) is 12.2 Å². The molecule has 0 saturated carbocycles. The molecule has 1 saturated heterocycles. The first-order valence-electron chi connectivity index (χ1n) is 8.06. The molecular formula is C17H21F2NO4. The maximum Gasteiger partial charge on any atom is 0.586 e. The molecule has 3 rings (SSSR count). The topological polar surface area (TPSA) is 56.8 Å². The van der Waals surface area contributed by atoms with E-state index >= 15 is 0 Å². The number of carbonyl (C=O) groups is 1. The summed E-state index contributed by atoms with van der Waals surface area (Å²) in [7, 11) is 0. The second kappa shape index (κ2) is 6.20. The molecule has 2 aliphatic rings. The molecule has 1 aromatic rings. The van der Waals surface area contributed by atoms with Gasteiger partial charge in [-0.25, -0.2) is 0 Å². The first kappa shape index (κ1) is 17.0. The molecule has 0 unspecified atom stereocenters. The number of rotatable bonds is 3. The average molecular weight is 341 g/mol. The van der Waals surface area contributed by atoms with E-state index in [1.165, 1.54) is 19.1 Å². The summed E-state index contributed by atoms with van der Waals surface area (Å²) in [4.78, 5) is 11.4. The van der Waals surface area contributed by atoms with E-state index in [9.17, 15) is 13.6 Å². The Bertz CT molecular complexity index is 635. The molecule has 3 atom stereocenters. The first-order chi connectivity index (χ1) is 11.2. The van der Waals surface area contributed by atoms with Gasteiger partial charge in [0.25, 0.3) is 0 Å². The van der Waals surface area contributed by atoms with Crippen LogP contribution in [0.5, 0.6) is 11.5 Å². The SMILES string of the molecule is CC(=O)N[C@H]1C[C@@H](C(C)C)O[C@@H](c2ccc3c(c2)OC(F)(F)O3)C1. The van der Waals surface area contributed by atoms with Gasteiger partial charge in [-0.3, -0.25) is 4.79 Å². The number of nitrogens with one attached hydrogen (secondary N) is 1. The average Bonchev–Trinajstić information content (AvgIpc) is 2.78. The van der Waals surface area contributed by atoms with Gasteiger partial charge in [0, 0.05) is 13.0 Å². The van der Waals surface area contributed by atoms with Crippen LogP contribution in [-0.2, 0) is 9.53 Å². The van der Waals surface area contributed by atoms with Crippen LogP contribution in [0.15, 0.2) is 18.2 Å². The largest absolute Gasteiger partial charge is 0.586 e. The molecule has 24 heavy (non-hydrogen) atoms. The number of hydrogen-bond acceptors (Lipinski definition) is 4. The minimum Gasteiger partial charge on any atom is -0.395 e. The fourth-order valence-electron chi connectivity index (χ4n) is 3.17. The second-order valence-electron chi connectivity index (χ2n) is 6.65. The number of alkyl halides is 2. The van der Waals surface area contributed by atoms with Gasteiger partial charge in [0.1, 0.15) is 0 Å². The smallest absolute Gasteiger partial charge is 0.395 e.